The van der Waals surface area contributed by atoms with Crippen LogP contribution in [0.25, 0.3) is 0 Å². The van der Waals surface area contributed by atoms with Crippen molar-refractivity contribution in [2.75, 3.05) is 0 Å². The van der Waals surface area contributed by atoms with Crippen molar-refractivity contribution in [3.63, 3.8) is 0 Å². The first kappa shape index (κ1) is 33.9. The minimum atomic E-state index is -8.92. The third-order valence-corrected chi connectivity index (χ3v) is 6.85. The number of hydrogen-bond donors (Lipinski definition) is 1. The molecule has 0 atom stereocenters. The average Bonchev–Trinajstić information content (AvgIpc) is 2.74. The van der Waals surface area contributed by atoms with Gasteiger partial charge in [0, 0.05) is 5.57 Å². The fourth-order valence-corrected chi connectivity index (χ4v) is 5.13. The maximum absolute atomic E-state index is 14.8. The smallest absolute Gasteiger partial charge is 0.409 e. The van der Waals surface area contributed by atoms with Crippen molar-refractivity contribution in [3.05, 3.63) is 12.2 Å². The maximum atomic E-state index is 14.8. The van der Waals surface area contributed by atoms with Crippen LogP contribution >= 0.6 is 0 Å². The quantitative estimate of drug-likeness (QED) is 0.263. The molecule has 4 rings (SSSR count). The second-order valence-electron chi connectivity index (χ2n) is 8.54. The molecule has 0 aromatic rings. The molecule has 4 nitrogen and oxygen atoms in total. The second kappa shape index (κ2) is 7.76. The monoisotopic (exact) mass is 642 g/mol. The van der Waals surface area contributed by atoms with Crippen molar-refractivity contribution in [1.82, 2.24) is 0 Å². The van der Waals surface area contributed by atoms with E-state index in [1.54, 1.807) is 0 Å². The molecule has 4 aliphatic carbocycles. The predicted octanol–water partition coefficient (Wildman–Crippen LogP) is 6.86. The zero-order valence-corrected chi connectivity index (χ0v) is 17.9. The van der Waals surface area contributed by atoms with Gasteiger partial charge in [0.2, 0.25) is 0 Å². The van der Waals surface area contributed by atoms with Crippen molar-refractivity contribution in [2.24, 2.45) is 10.8 Å². The van der Waals surface area contributed by atoms with E-state index in [-0.39, 0.29) is 5.57 Å². The van der Waals surface area contributed by atoms with Crippen molar-refractivity contribution in [1.29, 1.82) is 0 Å². The van der Waals surface area contributed by atoms with Gasteiger partial charge in [0.25, 0.3) is 16.8 Å². The zero-order chi connectivity index (χ0) is 32.6. The Morgan fingerprint density at radius 3 is 0.925 bits per heavy atom. The van der Waals surface area contributed by atoms with E-state index >= 15 is 0 Å². The molecule has 0 spiro atoms. The number of aliphatic carboxylic acids is 1. The van der Waals surface area contributed by atoms with Gasteiger partial charge in [-0.3, -0.25) is 0 Å². The predicted molar refractivity (Wildman–Crippen MR) is 79.0 cm³/mol. The molecule has 0 unspecified atom stereocenters. The molecule has 24 heteroatoms. The highest BCUT2D eigenvalue weighted by Gasteiger charge is 3.27. The van der Waals surface area contributed by atoms with Crippen LogP contribution in [0.15, 0.2) is 12.2 Å². The summed E-state index contributed by atoms with van der Waals surface area (Å²) in [4.78, 5) is 11.6. The van der Waals surface area contributed by atoms with E-state index in [2.05, 4.69) is 6.58 Å². The topological polar surface area (TPSA) is 55.8 Å². The number of rotatable bonds is 5. The van der Waals surface area contributed by atoms with Gasteiger partial charge in [0.05, 0.1) is 0 Å². The summed E-state index contributed by atoms with van der Waals surface area (Å²) in [6.07, 6.45) is -16.4. The molecule has 0 aromatic heterocycles. The van der Waals surface area contributed by atoms with Crippen molar-refractivity contribution >= 4 is 5.97 Å². The van der Waals surface area contributed by atoms with Crippen LogP contribution in [0.4, 0.5) is 88.1 Å². The van der Waals surface area contributed by atoms with Crippen LogP contribution in [0, 0.1) is 10.8 Å². The minimum absolute atomic E-state index is 0.176. The van der Waals surface area contributed by atoms with Gasteiger partial charge in [-0.1, -0.05) is 6.58 Å². The van der Waals surface area contributed by atoms with Crippen LogP contribution in [0.3, 0.4) is 0 Å². The standard InChI is InChI=1S/C12F20O2.C4H6O2/c13-3-6(17,18)1(11(27,28)33-31)5(15,16)2(8(3,21)22,12(29,30)34-32)9(23,24)4(14,7(1,19)20)10(3,25)26;1-3(2)4(5)6/h;1H2,2H3,(H,5,6). The summed E-state index contributed by atoms with van der Waals surface area (Å²) in [5.74, 6) is -53.3. The highest BCUT2D eigenvalue weighted by Crippen LogP contribution is 2.95. The third kappa shape index (κ3) is 2.41. The summed E-state index contributed by atoms with van der Waals surface area (Å²) in [7, 11) is 0. The van der Waals surface area contributed by atoms with Gasteiger partial charge in [-0.05, 0) is 16.0 Å². The Balaban J connectivity index is 0.000000840. The maximum Gasteiger partial charge on any atom is 0.409 e. The number of halogens is 20. The summed E-state index contributed by atoms with van der Waals surface area (Å²) >= 11 is 0. The minimum Gasteiger partial charge on any atom is -0.478 e. The van der Waals surface area contributed by atoms with E-state index in [1.165, 1.54) is 6.92 Å². The van der Waals surface area contributed by atoms with Crippen molar-refractivity contribution < 1.29 is 108 Å². The van der Waals surface area contributed by atoms with E-state index in [4.69, 9.17) is 5.11 Å². The molecule has 0 heterocycles. The Morgan fingerprint density at radius 1 is 0.575 bits per heavy atom. The van der Waals surface area contributed by atoms with E-state index in [0.717, 1.165) is 9.88 Å². The lowest BCUT2D eigenvalue weighted by molar-refractivity contribution is -0.677. The van der Waals surface area contributed by atoms with E-state index < -0.39 is 75.9 Å². The molecule has 0 aromatic carbocycles. The summed E-state index contributed by atoms with van der Waals surface area (Å²) in [6.45, 7) is 4.60. The van der Waals surface area contributed by atoms with Gasteiger partial charge in [0.15, 0.2) is 0 Å². The lowest BCUT2D eigenvalue weighted by atomic mass is 9.32. The highest BCUT2D eigenvalue weighted by atomic mass is 19.4. The van der Waals surface area contributed by atoms with Crippen LogP contribution in [0.1, 0.15) is 6.92 Å². The SMILES string of the molecule is C=C(C)C(=O)O.FOC(F)(F)C12C(F)(F)C3(F)C(F)(F)C(F)(C1(F)F)C(F)(F)C(C(F)(F)OF)(C3(F)F)C2(F)F. The number of carbonyl (C=O) groups is 1. The first-order valence-corrected chi connectivity index (χ1v) is 9.15. The summed E-state index contributed by atoms with van der Waals surface area (Å²) in [5.41, 5.74) is -34.5. The molecular formula is C16H6F20O4. The van der Waals surface area contributed by atoms with Crippen LogP contribution in [0.2, 0.25) is 0 Å². The highest BCUT2D eigenvalue weighted by molar-refractivity contribution is 5.84. The van der Waals surface area contributed by atoms with E-state index in [9.17, 15) is 92.9 Å². The Bertz CT molecular complexity index is 998. The largest absolute Gasteiger partial charge is 0.478 e. The fourth-order valence-electron chi connectivity index (χ4n) is 5.13. The molecule has 234 valence electrons. The Labute approximate surface area is 204 Å². The molecule has 1 N–H and O–H groups in total. The lowest BCUT2D eigenvalue weighted by Gasteiger charge is -2.77. The van der Waals surface area contributed by atoms with E-state index in [0.29, 0.717) is 0 Å². The second-order valence-corrected chi connectivity index (χ2v) is 8.54. The van der Waals surface area contributed by atoms with Crippen LogP contribution in [0.5, 0.6) is 0 Å². The molecule has 0 saturated heterocycles. The Hall–Kier alpha value is -2.27. The van der Waals surface area contributed by atoms with Gasteiger partial charge < -0.3 is 5.11 Å². The molecule has 4 saturated carbocycles. The van der Waals surface area contributed by atoms with Gasteiger partial charge in [-0.15, -0.1) is 9.88 Å². The van der Waals surface area contributed by atoms with Crippen molar-refractivity contribution in [2.45, 2.75) is 66.0 Å². The average molecular weight is 642 g/mol. The zero-order valence-electron chi connectivity index (χ0n) is 17.9. The summed E-state index contributed by atoms with van der Waals surface area (Å²) in [6, 6.07) is 0. The fraction of sp³-hybridized carbons (Fsp3) is 0.812. The Kier molecular flexibility index (Phi) is 6.58. The van der Waals surface area contributed by atoms with Crippen LogP contribution in [-0.2, 0) is 14.7 Å². The van der Waals surface area contributed by atoms with Crippen LogP contribution in [-0.4, -0.2) is 70.2 Å². The lowest BCUT2D eigenvalue weighted by Crippen LogP contribution is -3.09. The van der Waals surface area contributed by atoms with Crippen molar-refractivity contribution in [3.8, 4) is 0 Å². The summed E-state index contributed by atoms with van der Waals surface area (Å²) < 4.78 is 283. The third-order valence-electron chi connectivity index (χ3n) is 6.85. The molecule has 0 aliphatic heterocycles. The summed E-state index contributed by atoms with van der Waals surface area (Å²) in [5, 5.41) is 7.89. The van der Waals surface area contributed by atoms with Gasteiger partial charge in [-0.2, -0.15) is 26.3 Å². The normalized spacial score (nSPS) is 39.2. The number of carboxylic acid groups (broad SMARTS) is 1. The van der Waals surface area contributed by atoms with Gasteiger partial charge in [-0.25, -0.2) is 57.5 Å². The van der Waals surface area contributed by atoms with Gasteiger partial charge >= 0.3 is 59.1 Å². The number of alkyl halides is 18. The molecule has 4 fully saturated rings. The first-order chi connectivity index (χ1) is 17.3. The molecule has 0 radical (unpaired) electrons. The Morgan fingerprint density at radius 2 is 0.775 bits per heavy atom. The molecule has 40 heavy (non-hydrogen) atoms. The molecule has 0 amide bonds. The van der Waals surface area contributed by atoms with Gasteiger partial charge in [0.1, 0.15) is 0 Å². The first-order valence-electron chi connectivity index (χ1n) is 9.15. The number of carboxylic acids is 1. The van der Waals surface area contributed by atoms with E-state index in [1.807, 2.05) is 0 Å². The van der Waals surface area contributed by atoms with Crippen LogP contribution < -0.4 is 0 Å². The number of hydrogen-bond acceptors (Lipinski definition) is 3. The molecule has 4 bridgehead atoms. The molecule has 4 aliphatic rings. The molecular weight excluding hydrogens is 636 g/mol.